The molecule has 1 unspecified atom stereocenters. The fourth-order valence-corrected chi connectivity index (χ4v) is 5.58. The molecule has 3 heterocycles. The van der Waals surface area contributed by atoms with Crippen molar-refractivity contribution < 1.29 is 53.5 Å². The van der Waals surface area contributed by atoms with Crippen LogP contribution in [0.25, 0.3) is 0 Å². The van der Waals surface area contributed by atoms with Gasteiger partial charge in [0.1, 0.15) is 5.82 Å². The van der Waals surface area contributed by atoms with Gasteiger partial charge in [0.05, 0.1) is 37.6 Å². The fourth-order valence-electron chi connectivity index (χ4n) is 5.58. The number of likely N-dealkylation sites (tertiary alicyclic amines) is 1. The highest BCUT2D eigenvalue weighted by atomic mass is 19.1. The number of pyridine rings is 1. The number of ether oxygens (including phenoxy) is 2. The number of carboxylic acids is 3. The molecule has 0 radical (unpaired) electrons. The number of aliphatic hydroxyl groups is 1. The van der Waals surface area contributed by atoms with Crippen LogP contribution in [0.3, 0.4) is 0 Å². The number of nitrogens with zero attached hydrogens (tertiary/aromatic N) is 3. The average molecular weight is 634 g/mol. The lowest BCUT2D eigenvalue weighted by Gasteiger charge is -2.40. The van der Waals surface area contributed by atoms with Gasteiger partial charge in [-0.1, -0.05) is 12.1 Å². The molecular weight excluding hydrogens is 593 g/mol. The molecule has 1 aromatic carbocycles. The number of piperidine rings is 1. The first kappa shape index (κ1) is 35.5. The third-order valence-corrected chi connectivity index (χ3v) is 8.03. The molecule has 1 spiro atoms. The van der Waals surface area contributed by atoms with Crippen LogP contribution in [-0.4, -0.2) is 112 Å². The number of carboxylic acid groups (broad SMARTS) is 3. The lowest BCUT2D eigenvalue weighted by molar-refractivity contribution is -0.170. The molecule has 45 heavy (non-hydrogen) atoms. The SMILES string of the molecule is COCCN(C)C(=O)C(Cc1ccccn1)CN1CCC2(CC1)OCc1ccc(F)cc12.O=C(O)CC(O)(CC(=O)O)C(=O)O. The van der Waals surface area contributed by atoms with Crippen LogP contribution in [-0.2, 0) is 47.3 Å². The van der Waals surface area contributed by atoms with Crippen LogP contribution in [0.4, 0.5) is 4.39 Å². The van der Waals surface area contributed by atoms with Crippen LogP contribution < -0.4 is 0 Å². The summed E-state index contributed by atoms with van der Waals surface area (Å²) >= 11 is 0. The lowest BCUT2D eigenvalue weighted by atomic mass is 9.83. The monoisotopic (exact) mass is 633 g/mol. The predicted molar refractivity (Wildman–Crippen MR) is 157 cm³/mol. The second kappa shape index (κ2) is 15.8. The van der Waals surface area contributed by atoms with E-state index in [0.29, 0.717) is 32.7 Å². The summed E-state index contributed by atoms with van der Waals surface area (Å²) in [5.41, 5.74) is -0.134. The number of aromatic nitrogens is 1. The summed E-state index contributed by atoms with van der Waals surface area (Å²) in [5, 5.41) is 33.8. The maximum absolute atomic E-state index is 13.9. The summed E-state index contributed by atoms with van der Waals surface area (Å²) in [6.45, 7) is 3.90. The van der Waals surface area contributed by atoms with Gasteiger partial charge in [-0.2, -0.15) is 0 Å². The second-order valence-electron chi connectivity index (χ2n) is 11.3. The minimum absolute atomic E-state index is 0.109. The van der Waals surface area contributed by atoms with E-state index in [9.17, 15) is 23.6 Å². The van der Waals surface area contributed by atoms with Crippen molar-refractivity contribution in [2.24, 2.45) is 5.92 Å². The smallest absolute Gasteiger partial charge is 0.336 e. The first-order valence-electron chi connectivity index (χ1n) is 14.5. The van der Waals surface area contributed by atoms with Crippen molar-refractivity contribution in [1.82, 2.24) is 14.8 Å². The van der Waals surface area contributed by atoms with E-state index < -0.39 is 42.0 Å². The first-order valence-corrected chi connectivity index (χ1v) is 14.5. The highest BCUT2D eigenvalue weighted by Gasteiger charge is 2.43. The number of rotatable bonds is 13. The standard InChI is InChI=1S/C25H32FN3O3.C6H8O7/c1-28(13-14-31-2)24(30)20(15-22-5-3-4-10-27-22)17-29-11-8-25(9-12-29)23-16-21(26)7-6-19(23)18-32-25;7-3(8)1-6(13,5(11)12)2-4(9)10/h3-7,10,16,20H,8-9,11-15,17-18H2,1-2H3;13H,1-2H2,(H,7,8)(H,9,10)(H,11,12). The number of methoxy groups -OCH3 is 1. The Morgan fingerprint density at radius 2 is 1.78 bits per heavy atom. The van der Waals surface area contributed by atoms with Crippen molar-refractivity contribution in [1.29, 1.82) is 0 Å². The molecule has 4 rings (SSSR count). The number of fused-ring (bicyclic) bond motifs is 2. The minimum atomic E-state index is -2.74. The van der Waals surface area contributed by atoms with Crippen molar-refractivity contribution in [2.45, 2.75) is 49.9 Å². The molecular formula is C31H40FN3O10. The number of likely N-dealkylation sites (N-methyl/N-ethyl adjacent to an activating group) is 1. The lowest BCUT2D eigenvalue weighted by Crippen LogP contribution is -2.47. The van der Waals surface area contributed by atoms with Gasteiger partial charge >= 0.3 is 17.9 Å². The largest absolute Gasteiger partial charge is 0.481 e. The Morgan fingerprint density at radius 1 is 1.11 bits per heavy atom. The van der Waals surface area contributed by atoms with Gasteiger partial charge in [0.2, 0.25) is 5.91 Å². The molecule has 0 saturated carbocycles. The van der Waals surface area contributed by atoms with Crippen molar-refractivity contribution in [2.75, 3.05) is 46.9 Å². The Bertz CT molecular complexity index is 1320. The predicted octanol–water partition coefficient (Wildman–Crippen LogP) is 1.76. The number of carbonyl (C=O) groups excluding carboxylic acids is 1. The summed E-state index contributed by atoms with van der Waals surface area (Å²) in [6.07, 6.45) is 1.68. The van der Waals surface area contributed by atoms with Crippen LogP contribution in [0.2, 0.25) is 0 Å². The van der Waals surface area contributed by atoms with E-state index in [1.807, 2.05) is 31.3 Å². The van der Waals surface area contributed by atoms with Crippen LogP contribution >= 0.6 is 0 Å². The summed E-state index contributed by atoms with van der Waals surface area (Å²) < 4.78 is 25.2. The first-order chi connectivity index (χ1) is 21.3. The molecule has 246 valence electrons. The van der Waals surface area contributed by atoms with E-state index in [1.54, 1.807) is 24.3 Å². The summed E-state index contributed by atoms with van der Waals surface area (Å²) in [6, 6.07) is 10.8. The minimum Gasteiger partial charge on any atom is -0.481 e. The Labute approximate surface area is 260 Å². The molecule has 1 saturated heterocycles. The van der Waals surface area contributed by atoms with E-state index in [-0.39, 0.29) is 17.6 Å². The molecule has 2 aliphatic heterocycles. The Kier molecular flexibility index (Phi) is 12.5. The highest BCUT2D eigenvalue weighted by Crippen LogP contribution is 2.44. The summed E-state index contributed by atoms with van der Waals surface area (Å²) in [4.78, 5) is 52.2. The molecule has 1 aromatic heterocycles. The van der Waals surface area contributed by atoms with Crippen molar-refractivity contribution >= 4 is 23.8 Å². The van der Waals surface area contributed by atoms with E-state index in [0.717, 1.165) is 42.8 Å². The van der Waals surface area contributed by atoms with E-state index in [1.165, 1.54) is 6.07 Å². The van der Waals surface area contributed by atoms with Crippen LogP contribution in [0.1, 0.15) is 42.5 Å². The Hall–Kier alpha value is -3.98. The quantitative estimate of drug-likeness (QED) is 0.251. The average Bonchev–Trinajstić information content (AvgIpc) is 3.33. The van der Waals surface area contributed by atoms with Crippen LogP contribution in [0, 0.1) is 11.7 Å². The molecule has 1 amide bonds. The molecule has 0 aliphatic carbocycles. The van der Waals surface area contributed by atoms with Crippen LogP contribution in [0.15, 0.2) is 42.6 Å². The number of aliphatic carboxylic acids is 3. The molecule has 1 atom stereocenters. The van der Waals surface area contributed by atoms with Gasteiger partial charge in [0, 0.05) is 58.6 Å². The van der Waals surface area contributed by atoms with E-state index in [2.05, 4.69) is 9.88 Å². The van der Waals surface area contributed by atoms with Gasteiger partial charge in [-0.05, 0) is 48.2 Å². The molecule has 14 heteroatoms. The zero-order valence-corrected chi connectivity index (χ0v) is 25.4. The number of benzene rings is 1. The Morgan fingerprint density at radius 3 is 2.33 bits per heavy atom. The molecule has 4 N–H and O–H groups in total. The highest BCUT2D eigenvalue weighted by molar-refractivity contribution is 5.88. The van der Waals surface area contributed by atoms with Crippen molar-refractivity contribution in [3.63, 3.8) is 0 Å². The van der Waals surface area contributed by atoms with E-state index in [4.69, 9.17) is 29.9 Å². The van der Waals surface area contributed by atoms with Gasteiger partial charge in [-0.3, -0.25) is 19.4 Å². The van der Waals surface area contributed by atoms with Crippen molar-refractivity contribution in [3.05, 3.63) is 65.2 Å². The zero-order valence-electron chi connectivity index (χ0n) is 25.4. The van der Waals surface area contributed by atoms with Gasteiger partial charge in [0.25, 0.3) is 0 Å². The summed E-state index contributed by atoms with van der Waals surface area (Å²) in [5.74, 6) is -5.31. The van der Waals surface area contributed by atoms with Crippen molar-refractivity contribution in [3.8, 4) is 0 Å². The number of amides is 1. The Balaban J connectivity index is 0.000000360. The van der Waals surface area contributed by atoms with Crippen LogP contribution in [0.5, 0.6) is 0 Å². The van der Waals surface area contributed by atoms with Gasteiger partial charge < -0.3 is 39.7 Å². The van der Waals surface area contributed by atoms with Gasteiger partial charge in [-0.25, -0.2) is 9.18 Å². The van der Waals surface area contributed by atoms with Gasteiger partial charge in [0.15, 0.2) is 5.60 Å². The van der Waals surface area contributed by atoms with Gasteiger partial charge in [-0.15, -0.1) is 0 Å². The molecule has 2 aliphatic rings. The normalized spacial score (nSPS) is 16.3. The maximum atomic E-state index is 13.9. The molecule has 1 fully saturated rings. The second-order valence-corrected chi connectivity index (χ2v) is 11.3. The zero-order chi connectivity index (χ0) is 33.2. The number of hydrogen-bond acceptors (Lipinski definition) is 9. The molecule has 13 nitrogen and oxygen atoms in total. The number of hydrogen-bond donors (Lipinski definition) is 4. The summed E-state index contributed by atoms with van der Waals surface area (Å²) in [7, 11) is 3.47. The third-order valence-electron chi connectivity index (χ3n) is 8.03. The number of carbonyl (C=O) groups is 4. The maximum Gasteiger partial charge on any atom is 0.336 e. The molecule has 2 aromatic rings. The number of halogens is 1. The fraction of sp³-hybridized carbons (Fsp3) is 0.516. The molecule has 0 bridgehead atoms. The van der Waals surface area contributed by atoms with E-state index >= 15 is 0 Å². The topological polar surface area (TPSA) is 187 Å². The third kappa shape index (κ3) is 9.75.